The van der Waals surface area contributed by atoms with E-state index in [1.807, 2.05) is 0 Å². The maximum absolute atomic E-state index is 13.1. The van der Waals surface area contributed by atoms with Crippen LogP contribution in [0.2, 0.25) is 0 Å². The lowest BCUT2D eigenvalue weighted by Gasteiger charge is -2.27. The summed E-state index contributed by atoms with van der Waals surface area (Å²) < 4.78 is 62.8. The minimum absolute atomic E-state index is 0.167. The van der Waals surface area contributed by atoms with E-state index in [4.69, 9.17) is 0 Å². The van der Waals surface area contributed by atoms with Crippen LogP contribution in [-0.2, 0) is 11.3 Å². The summed E-state index contributed by atoms with van der Waals surface area (Å²) in [5.74, 6) is -7.58. The zero-order valence-electron chi connectivity index (χ0n) is 10.8. The topological polar surface area (TPSA) is 20.3 Å². The van der Waals surface area contributed by atoms with Crippen molar-refractivity contribution in [2.24, 2.45) is 0 Å². The second-order valence-electron chi connectivity index (χ2n) is 4.28. The van der Waals surface area contributed by atoms with Gasteiger partial charge in [-0.25, -0.2) is 0 Å². The maximum Gasteiger partial charge on any atom is 0.463 e. The number of alkyl halides is 5. The molecule has 0 saturated heterocycles. The van der Waals surface area contributed by atoms with Gasteiger partial charge in [0.2, 0.25) is 0 Å². The number of hydrogen-bond donors (Lipinski definition) is 0. The lowest BCUT2D eigenvalue weighted by Crippen LogP contribution is -2.52. The van der Waals surface area contributed by atoms with Crippen LogP contribution in [0.4, 0.5) is 22.0 Å². The second-order valence-corrected chi connectivity index (χ2v) is 4.28. The molecule has 1 aromatic rings. The first kappa shape index (κ1) is 16.4. The maximum atomic E-state index is 13.1. The van der Waals surface area contributed by atoms with Crippen molar-refractivity contribution in [1.82, 2.24) is 4.90 Å². The number of amides is 1. The molecule has 0 N–H and O–H groups in total. The Hall–Kier alpha value is -1.66. The smallest absolute Gasteiger partial charge is 0.333 e. The van der Waals surface area contributed by atoms with Crippen molar-refractivity contribution in [3.8, 4) is 0 Å². The highest BCUT2D eigenvalue weighted by atomic mass is 19.4. The molecule has 0 aliphatic rings. The van der Waals surface area contributed by atoms with Gasteiger partial charge >= 0.3 is 18.0 Å². The number of benzene rings is 1. The summed E-state index contributed by atoms with van der Waals surface area (Å²) in [5, 5.41) is 0. The highest BCUT2D eigenvalue weighted by Gasteiger charge is 2.64. The van der Waals surface area contributed by atoms with Gasteiger partial charge in [-0.05, 0) is 12.0 Å². The standard InChI is InChI=1S/C13H14F5NO/c1-2-8-19(9-10-6-4-3-5-7-10)11(20)12(14,15)13(16,17)18/h3-7H,2,8-9H2,1H3. The van der Waals surface area contributed by atoms with E-state index in [-0.39, 0.29) is 19.5 Å². The Kier molecular flexibility index (Phi) is 5.08. The van der Waals surface area contributed by atoms with Crippen LogP contribution in [0.3, 0.4) is 0 Å². The third kappa shape index (κ3) is 3.68. The Morgan fingerprint density at radius 1 is 1.10 bits per heavy atom. The first-order valence-electron chi connectivity index (χ1n) is 5.98. The van der Waals surface area contributed by atoms with Gasteiger partial charge in [0, 0.05) is 13.1 Å². The van der Waals surface area contributed by atoms with Crippen LogP contribution in [-0.4, -0.2) is 29.5 Å². The van der Waals surface area contributed by atoms with Crippen molar-refractivity contribution < 1.29 is 26.7 Å². The quantitative estimate of drug-likeness (QED) is 0.760. The van der Waals surface area contributed by atoms with Gasteiger partial charge in [-0.2, -0.15) is 22.0 Å². The lowest BCUT2D eigenvalue weighted by molar-refractivity contribution is -0.274. The molecule has 0 unspecified atom stereocenters. The van der Waals surface area contributed by atoms with Crippen molar-refractivity contribution in [2.45, 2.75) is 32.0 Å². The first-order valence-corrected chi connectivity index (χ1v) is 5.98. The largest absolute Gasteiger partial charge is 0.463 e. The third-order valence-electron chi connectivity index (χ3n) is 2.62. The summed E-state index contributed by atoms with van der Waals surface area (Å²) in [5.41, 5.74) is 0.493. The van der Waals surface area contributed by atoms with Gasteiger partial charge in [0.1, 0.15) is 0 Å². The van der Waals surface area contributed by atoms with Gasteiger partial charge in [-0.1, -0.05) is 37.3 Å². The van der Waals surface area contributed by atoms with Crippen molar-refractivity contribution in [2.75, 3.05) is 6.54 Å². The Bertz CT molecular complexity index is 444. The monoisotopic (exact) mass is 295 g/mol. The minimum Gasteiger partial charge on any atom is -0.333 e. The van der Waals surface area contributed by atoms with Gasteiger partial charge in [-0.15, -0.1) is 0 Å². The van der Waals surface area contributed by atoms with E-state index in [9.17, 15) is 26.7 Å². The highest BCUT2D eigenvalue weighted by molar-refractivity contribution is 5.84. The molecule has 0 fully saturated rings. The Balaban J connectivity index is 2.94. The summed E-state index contributed by atoms with van der Waals surface area (Å²) in [6.45, 7) is 1.15. The molecule has 0 radical (unpaired) electrons. The van der Waals surface area contributed by atoms with Gasteiger partial charge in [0.15, 0.2) is 0 Å². The Labute approximate surface area is 113 Å². The molecule has 7 heteroatoms. The van der Waals surface area contributed by atoms with E-state index < -0.39 is 18.0 Å². The molecule has 1 aromatic carbocycles. The molecule has 1 amide bonds. The molecule has 112 valence electrons. The molecule has 20 heavy (non-hydrogen) atoms. The van der Waals surface area contributed by atoms with E-state index >= 15 is 0 Å². The average Bonchev–Trinajstić information content (AvgIpc) is 2.37. The lowest BCUT2D eigenvalue weighted by atomic mass is 10.2. The third-order valence-corrected chi connectivity index (χ3v) is 2.62. The summed E-state index contributed by atoms with van der Waals surface area (Å²) in [7, 11) is 0. The fraction of sp³-hybridized carbons (Fsp3) is 0.462. The molecule has 0 heterocycles. The number of hydrogen-bond acceptors (Lipinski definition) is 1. The summed E-state index contributed by atoms with van der Waals surface area (Å²) in [6, 6.07) is 8.03. The fourth-order valence-electron chi connectivity index (χ4n) is 1.65. The van der Waals surface area contributed by atoms with Crippen LogP contribution >= 0.6 is 0 Å². The van der Waals surface area contributed by atoms with Crippen molar-refractivity contribution >= 4 is 5.91 Å². The predicted octanol–water partition coefficient (Wildman–Crippen LogP) is 3.62. The normalized spacial score (nSPS) is 12.3. The molecular weight excluding hydrogens is 281 g/mol. The van der Waals surface area contributed by atoms with Gasteiger partial charge in [-0.3, -0.25) is 4.79 Å². The zero-order valence-corrected chi connectivity index (χ0v) is 10.8. The number of nitrogens with zero attached hydrogens (tertiary/aromatic N) is 1. The summed E-state index contributed by atoms with van der Waals surface area (Å²) in [4.78, 5) is 12.0. The Morgan fingerprint density at radius 2 is 1.65 bits per heavy atom. The van der Waals surface area contributed by atoms with E-state index in [1.165, 1.54) is 0 Å². The minimum atomic E-state index is -5.88. The van der Waals surface area contributed by atoms with Crippen molar-refractivity contribution in [3.63, 3.8) is 0 Å². The Morgan fingerprint density at radius 3 is 2.10 bits per heavy atom. The first-order chi connectivity index (χ1) is 9.20. The molecule has 0 aromatic heterocycles. The SMILES string of the molecule is CCCN(Cc1ccccc1)C(=O)C(F)(F)C(F)(F)F. The molecule has 0 atom stereocenters. The van der Waals surface area contributed by atoms with Crippen LogP contribution in [0.25, 0.3) is 0 Å². The van der Waals surface area contributed by atoms with E-state index in [0.29, 0.717) is 10.5 Å². The van der Waals surface area contributed by atoms with Crippen LogP contribution in [0.5, 0.6) is 0 Å². The van der Waals surface area contributed by atoms with Crippen molar-refractivity contribution in [3.05, 3.63) is 35.9 Å². The molecule has 0 bridgehead atoms. The van der Waals surface area contributed by atoms with Crippen LogP contribution in [0.1, 0.15) is 18.9 Å². The number of carbonyl (C=O) groups is 1. The second kappa shape index (κ2) is 6.19. The molecular formula is C13H14F5NO. The number of halogens is 5. The van der Waals surface area contributed by atoms with Crippen molar-refractivity contribution in [1.29, 1.82) is 0 Å². The number of rotatable bonds is 5. The average molecular weight is 295 g/mol. The molecule has 0 saturated carbocycles. The van der Waals surface area contributed by atoms with E-state index in [1.54, 1.807) is 37.3 Å². The van der Waals surface area contributed by atoms with E-state index in [2.05, 4.69) is 0 Å². The molecule has 1 rings (SSSR count). The fourth-order valence-corrected chi connectivity index (χ4v) is 1.65. The predicted molar refractivity (Wildman–Crippen MR) is 63.2 cm³/mol. The van der Waals surface area contributed by atoms with Gasteiger partial charge in [0.25, 0.3) is 0 Å². The van der Waals surface area contributed by atoms with Gasteiger partial charge < -0.3 is 4.90 Å². The van der Waals surface area contributed by atoms with Crippen LogP contribution in [0, 0.1) is 0 Å². The molecule has 2 nitrogen and oxygen atoms in total. The van der Waals surface area contributed by atoms with Gasteiger partial charge in [0.05, 0.1) is 0 Å². The highest BCUT2D eigenvalue weighted by Crippen LogP contribution is 2.37. The van der Waals surface area contributed by atoms with E-state index in [0.717, 1.165) is 0 Å². The molecule has 0 aliphatic carbocycles. The summed E-state index contributed by atoms with van der Waals surface area (Å²) >= 11 is 0. The molecule has 0 spiro atoms. The molecule has 0 aliphatic heterocycles. The summed E-state index contributed by atoms with van der Waals surface area (Å²) in [6.07, 6.45) is -5.60. The zero-order chi connectivity index (χ0) is 15.4. The number of carbonyl (C=O) groups excluding carboxylic acids is 1. The van der Waals surface area contributed by atoms with Crippen LogP contribution in [0.15, 0.2) is 30.3 Å². The van der Waals surface area contributed by atoms with Crippen LogP contribution < -0.4 is 0 Å².